The molecule has 0 fully saturated rings. The smallest absolute Gasteiger partial charge is 0.235 e. The van der Waals surface area contributed by atoms with Crippen LogP contribution in [-0.2, 0) is 21.2 Å². The molecule has 1 atom stereocenters. The van der Waals surface area contributed by atoms with Crippen LogP contribution in [0.5, 0.6) is 0 Å². The van der Waals surface area contributed by atoms with Gasteiger partial charge in [-0.15, -0.1) is 0 Å². The zero-order valence-electron chi connectivity index (χ0n) is 17.3. The van der Waals surface area contributed by atoms with Gasteiger partial charge in [-0.3, -0.25) is 4.79 Å². The van der Waals surface area contributed by atoms with E-state index in [4.69, 9.17) is 0 Å². The van der Waals surface area contributed by atoms with Crippen LogP contribution < -0.4 is 5.32 Å². The van der Waals surface area contributed by atoms with Gasteiger partial charge in [-0.2, -0.15) is 4.31 Å². The number of sulfonamides is 1. The zero-order valence-corrected chi connectivity index (χ0v) is 18.1. The molecule has 0 saturated carbocycles. The summed E-state index contributed by atoms with van der Waals surface area (Å²) in [6.45, 7) is 8.14. The molecule has 5 nitrogen and oxygen atoms in total. The second kappa shape index (κ2) is 9.34. The lowest BCUT2D eigenvalue weighted by Crippen LogP contribution is -2.42. The minimum atomic E-state index is -3.48. The molecule has 1 amide bonds. The van der Waals surface area contributed by atoms with Crippen molar-refractivity contribution in [2.24, 2.45) is 0 Å². The van der Waals surface area contributed by atoms with E-state index in [0.29, 0.717) is 6.42 Å². The number of carbonyl (C=O) groups is 1. The molecule has 152 valence electrons. The van der Waals surface area contributed by atoms with E-state index in [1.807, 2.05) is 51.1 Å². The minimum absolute atomic E-state index is 0.181. The lowest BCUT2D eigenvalue weighted by atomic mass is 9.96. The standard InChI is InChI=1S/C22H30N2O3S/c1-16-13-18(3)21(14-17(16)2)19(4)23-22(25)15-24(28(5,26)27)12-11-20-9-7-6-8-10-20/h6-10,13-14,19H,11-12,15H2,1-5H3,(H,23,25). The van der Waals surface area contributed by atoms with Crippen molar-refractivity contribution in [3.63, 3.8) is 0 Å². The predicted molar refractivity (Wildman–Crippen MR) is 114 cm³/mol. The maximum atomic E-state index is 12.5. The number of carbonyl (C=O) groups excluding carboxylic acids is 1. The second-order valence-electron chi connectivity index (χ2n) is 7.41. The Morgan fingerprint density at radius 1 is 1.04 bits per heavy atom. The molecule has 0 radical (unpaired) electrons. The zero-order chi connectivity index (χ0) is 20.9. The van der Waals surface area contributed by atoms with Gasteiger partial charge < -0.3 is 5.32 Å². The van der Waals surface area contributed by atoms with Gasteiger partial charge in [0.15, 0.2) is 0 Å². The normalized spacial score (nSPS) is 12.8. The first-order valence-electron chi connectivity index (χ1n) is 9.44. The third-order valence-electron chi connectivity index (χ3n) is 5.01. The monoisotopic (exact) mass is 402 g/mol. The molecule has 1 unspecified atom stereocenters. The third kappa shape index (κ3) is 6.17. The highest BCUT2D eigenvalue weighted by Gasteiger charge is 2.21. The molecule has 0 aromatic heterocycles. The number of nitrogens with zero attached hydrogens (tertiary/aromatic N) is 1. The molecular weight excluding hydrogens is 372 g/mol. The largest absolute Gasteiger partial charge is 0.348 e. The van der Waals surface area contributed by atoms with Gasteiger partial charge >= 0.3 is 0 Å². The van der Waals surface area contributed by atoms with E-state index in [2.05, 4.69) is 24.4 Å². The number of benzene rings is 2. The second-order valence-corrected chi connectivity index (χ2v) is 9.40. The Balaban J connectivity index is 2.04. The van der Waals surface area contributed by atoms with E-state index in [9.17, 15) is 13.2 Å². The topological polar surface area (TPSA) is 66.5 Å². The highest BCUT2D eigenvalue weighted by molar-refractivity contribution is 7.88. The lowest BCUT2D eigenvalue weighted by Gasteiger charge is -2.22. The molecule has 0 aliphatic heterocycles. The molecule has 0 saturated heterocycles. The van der Waals surface area contributed by atoms with Gasteiger partial charge in [0.05, 0.1) is 18.8 Å². The van der Waals surface area contributed by atoms with Gasteiger partial charge in [0.2, 0.25) is 15.9 Å². The summed E-state index contributed by atoms with van der Waals surface area (Å²) in [7, 11) is -3.48. The van der Waals surface area contributed by atoms with Crippen molar-refractivity contribution in [2.75, 3.05) is 19.3 Å². The van der Waals surface area contributed by atoms with E-state index < -0.39 is 10.0 Å². The van der Waals surface area contributed by atoms with Crippen molar-refractivity contribution in [1.82, 2.24) is 9.62 Å². The first-order chi connectivity index (χ1) is 13.1. The van der Waals surface area contributed by atoms with Crippen LogP contribution in [0.4, 0.5) is 0 Å². The van der Waals surface area contributed by atoms with Crippen molar-refractivity contribution in [2.45, 2.75) is 40.2 Å². The number of hydrogen-bond donors (Lipinski definition) is 1. The van der Waals surface area contributed by atoms with Crippen molar-refractivity contribution in [3.8, 4) is 0 Å². The highest BCUT2D eigenvalue weighted by atomic mass is 32.2. The van der Waals surface area contributed by atoms with Crippen molar-refractivity contribution in [3.05, 3.63) is 70.3 Å². The fourth-order valence-electron chi connectivity index (χ4n) is 3.24. The van der Waals surface area contributed by atoms with Crippen molar-refractivity contribution >= 4 is 15.9 Å². The summed E-state index contributed by atoms with van der Waals surface area (Å²) in [5, 5.41) is 2.94. The van der Waals surface area contributed by atoms with Crippen LogP contribution in [0.25, 0.3) is 0 Å². The van der Waals surface area contributed by atoms with Gasteiger partial charge in [0, 0.05) is 6.54 Å². The Kier molecular flexibility index (Phi) is 7.38. The van der Waals surface area contributed by atoms with Crippen LogP contribution in [0, 0.1) is 20.8 Å². The molecule has 0 spiro atoms. The molecule has 1 N–H and O–H groups in total. The highest BCUT2D eigenvalue weighted by Crippen LogP contribution is 2.21. The molecule has 0 bridgehead atoms. The molecule has 0 heterocycles. The lowest BCUT2D eigenvalue weighted by molar-refractivity contribution is -0.121. The first-order valence-corrected chi connectivity index (χ1v) is 11.3. The molecular formula is C22H30N2O3S. The number of nitrogens with one attached hydrogen (secondary N) is 1. The summed E-state index contributed by atoms with van der Waals surface area (Å²) in [5.74, 6) is -0.302. The fraction of sp³-hybridized carbons (Fsp3) is 0.409. The number of hydrogen-bond acceptors (Lipinski definition) is 3. The van der Waals surface area contributed by atoms with E-state index in [1.54, 1.807) is 0 Å². The Bertz CT molecular complexity index is 924. The molecule has 6 heteroatoms. The van der Waals surface area contributed by atoms with Crippen molar-refractivity contribution in [1.29, 1.82) is 0 Å². The quantitative estimate of drug-likeness (QED) is 0.737. The molecule has 28 heavy (non-hydrogen) atoms. The average molecular weight is 403 g/mol. The summed E-state index contributed by atoms with van der Waals surface area (Å²) in [5.41, 5.74) is 5.58. The van der Waals surface area contributed by atoms with Gasteiger partial charge in [-0.05, 0) is 61.9 Å². The molecule has 2 aromatic carbocycles. The van der Waals surface area contributed by atoms with E-state index in [1.165, 1.54) is 15.4 Å². The van der Waals surface area contributed by atoms with Gasteiger partial charge in [-0.1, -0.05) is 42.5 Å². The van der Waals surface area contributed by atoms with E-state index in [0.717, 1.165) is 22.9 Å². The number of amides is 1. The number of rotatable bonds is 8. The van der Waals surface area contributed by atoms with Gasteiger partial charge in [-0.25, -0.2) is 8.42 Å². The van der Waals surface area contributed by atoms with Crippen LogP contribution in [0.3, 0.4) is 0 Å². The van der Waals surface area contributed by atoms with Gasteiger partial charge in [0.25, 0.3) is 0 Å². The third-order valence-corrected chi connectivity index (χ3v) is 6.26. The summed E-state index contributed by atoms with van der Waals surface area (Å²) in [6, 6.07) is 13.6. The summed E-state index contributed by atoms with van der Waals surface area (Å²) in [6.07, 6.45) is 1.70. The van der Waals surface area contributed by atoms with Crippen LogP contribution >= 0.6 is 0 Å². The van der Waals surface area contributed by atoms with Crippen molar-refractivity contribution < 1.29 is 13.2 Å². The number of aryl methyl sites for hydroxylation is 3. The minimum Gasteiger partial charge on any atom is -0.348 e. The maximum absolute atomic E-state index is 12.5. The van der Waals surface area contributed by atoms with Gasteiger partial charge in [0.1, 0.15) is 0 Å². The molecule has 0 aliphatic carbocycles. The Labute approximate surface area is 168 Å². The molecule has 2 rings (SSSR count). The summed E-state index contributed by atoms with van der Waals surface area (Å²) < 4.78 is 25.5. The molecule has 0 aliphatic rings. The van der Waals surface area contributed by atoms with E-state index in [-0.39, 0.29) is 25.0 Å². The Morgan fingerprint density at radius 3 is 2.25 bits per heavy atom. The fourth-order valence-corrected chi connectivity index (χ4v) is 4.01. The maximum Gasteiger partial charge on any atom is 0.235 e. The first kappa shape index (κ1) is 22.1. The van der Waals surface area contributed by atoms with E-state index >= 15 is 0 Å². The predicted octanol–water partition coefficient (Wildman–Crippen LogP) is 3.29. The van der Waals surface area contributed by atoms with Crippen LogP contribution in [0.2, 0.25) is 0 Å². The Hall–Kier alpha value is -2.18. The summed E-state index contributed by atoms with van der Waals surface area (Å²) in [4.78, 5) is 12.5. The SMILES string of the molecule is Cc1cc(C)c(C(C)NC(=O)CN(CCc2ccccc2)S(C)(=O)=O)cc1C. The average Bonchev–Trinajstić information content (AvgIpc) is 2.61. The Morgan fingerprint density at radius 2 is 1.64 bits per heavy atom. The van der Waals surface area contributed by atoms with Crippen LogP contribution in [-0.4, -0.2) is 38.0 Å². The summed E-state index contributed by atoms with van der Waals surface area (Å²) >= 11 is 0. The molecule has 2 aromatic rings. The van der Waals surface area contributed by atoms with Crippen LogP contribution in [0.15, 0.2) is 42.5 Å². The van der Waals surface area contributed by atoms with Crippen LogP contribution in [0.1, 0.15) is 40.8 Å².